The van der Waals surface area contributed by atoms with Gasteiger partial charge < -0.3 is 10.5 Å². The minimum Gasteiger partial charge on any atom is -0.494 e. The van der Waals surface area contributed by atoms with E-state index in [1.54, 1.807) is 12.1 Å². The molecule has 1 atom stereocenters. The van der Waals surface area contributed by atoms with Crippen molar-refractivity contribution < 1.29 is 9.13 Å². The van der Waals surface area contributed by atoms with Gasteiger partial charge in [0.05, 0.1) is 12.8 Å². The summed E-state index contributed by atoms with van der Waals surface area (Å²) in [6.45, 7) is 2.07. The molecule has 2 rings (SSSR count). The number of rotatable bonds is 5. The minimum absolute atomic E-state index is 0.218. The Morgan fingerprint density at radius 2 is 2.15 bits per heavy atom. The molecule has 2 aromatic rings. The van der Waals surface area contributed by atoms with E-state index in [0.29, 0.717) is 6.42 Å². The summed E-state index contributed by atoms with van der Waals surface area (Å²) in [7, 11) is 3.36. The summed E-state index contributed by atoms with van der Waals surface area (Å²) in [5.41, 5.74) is 9.17. The molecule has 0 radical (unpaired) electrons. The average Bonchev–Trinajstić information content (AvgIpc) is 2.79. The van der Waals surface area contributed by atoms with Crippen LogP contribution >= 0.6 is 0 Å². The number of methoxy groups -OCH3 is 1. The Morgan fingerprint density at radius 3 is 2.75 bits per heavy atom. The number of aryl methyl sites for hydroxylation is 2. The molecule has 0 amide bonds. The molecular weight excluding hydrogens is 257 g/mol. The topological polar surface area (TPSA) is 53.1 Å². The van der Waals surface area contributed by atoms with Crippen LogP contribution in [0.15, 0.2) is 24.3 Å². The Morgan fingerprint density at radius 1 is 1.40 bits per heavy atom. The fraction of sp³-hybridized carbons (Fsp3) is 0.400. The fourth-order valence-electron chi connectivity index (χ4n) is 2.19. The molecule has 1 aromatic heterocycles. The highest BCUT2D eigenvalue weighted by atomic mass is 19.1. The van der Waals surface area contributed by atoms with E-state index in [4.69, 9.17) is 10.5 Å². The van der Waals surface area contributed by atoms with Gasteiger partial charge in [0.25, 0.3) is 0 Å². The summed E-state index contributed by atoms with van der Waals surface area (Å²) in [5, 5.41) is 4.40. The van der Waals surface area contributed by atoms with Crippen LogP contribution in [0.4, 0.5) is 4.39 Å². The van der Waals surface area contributed by atoms with Crippen LogP contribution < -0.4 is 10.5 Å². The zero-order valence-corrected chi connectivity index (χ0v) is 12.1. The zero-order chi connectivity index (χ0) is 14.7. The van der Waals surface area contributed by atoms with Crippen molar-refractivity contribution in [2.24, 2.45) is 12.8 Å². The van der Waals surface area contributed by atoms with Gasteiger partial charge in [-0.15, -0.1) is 0 Å². The quantitative estimate of drug-likeness (QED) is 0.913. The number of nitrogens with zero attached hydrogens (tertiary/aromatic N) is 2. The molecule has 0 saturated carbocycles. The van der Waals surface area contributed by atoms with E-state index < -0.39 is 0 Å². The van der Waals surface area contributed by atoms with Crippen LogP contribution in [0.2, 0.25) is 0 Å². The van der Waals surface area contributed by atoms with E-state index in [9.17, 15) is 4.39 Å². The lowest BCUT2D eigenvalue weighted by atomic mass is 10.0. The number of benzene rings is 1. The van der Waals surface area contributed by atoms with Crippen LogP contribution in [-0.2, 0) is 19.9 Å². The van der Waals surface area contributed by atoms with Crippen LogP contribution in [0.1, 0.15) is 29.9 Å². The molecule has 5 heteroatoms. The summed E-state index contributed by atoms with van der Waals surface area (Å²) in [6, 6.07) is 6.57. The molecule has 0 fully saturated rings. The van der Waals surface area contributed by atoms with Crippen LogP contribution in [0, 0.1) is 5.82 Å². The van der Waals surface area contributed by atoms with Crippen LogP contribution in [0.25, 0.3) is 0 Å². The Hall–Kier alpha value is -1.88. The summed E-state index contributed by atoms with van der Waals surface area (Å²) >= 11 is 0. The first kappa shape index (κ1) is 14.5. The van der Waals surface area contributed by atoms with Crippen molar-refractivity contribution in [2.45, 2.75) is 25.8 Å². The number of hydrogen-bond donors (Lipinski definition) is 1. The zero-order valence-electron chi connectivity index (χ0n) is 12.1. The second-order valence-electron chi connectivity index (χ2n) is 4.81. The number of ether oxygens (including phenoxy) is 1. The summed E-state index contributed by atoms with van der Waals surface area (Å²) in [5.74, 6) is -0.158. The lowest BCUT2D eigenvalue weighted by Gasteiger charge is -2.13. The van der Waals surface area contributed by atoms with Crippen molar-refractivity contribution in [3.05, 3.63) is 47.0 Å². The van der Waals surface area contributed by atoms with E-state index in [1.807, 2.05) is 11.7 Å². The standard InChI is InChI=1S/C15H20FN3O/c1-4-11-8-12(19(2)18-11)9-14(17)10-5-6-13(16)15(7-10)20-3/h5-8,14H,4,9,17H2,1-3H3. The number of nitrogens with two attached hydrogens (primary N) is 1. The lowest BCUT2D eigenvalue weighted by molar-refractivity contribution is 0.385. The Bertz CT molecular complexity index is 595. The first-order valence-corrected chi connectivity index (χ1v) is 6.66. The number of aromatic nitrogens is 2. The van der Waals surface area contributed by atoms with Crippen LogP contribution in [-0.4, -0.2) is 16.9 Å². The van der Waals surface area contributed by atoms with Crippen molar-refractivity contribution in [2.75, 3.05) is 7.11 Å². The van der Waals surface area contributed by atoms with E-state index in [1.165, 1.54) is 13.2 Å². The second-order valence-corrected chi connectivity index (χ2v) is 4.81. The first-order chi connectivity index (χ1) is 9.55. The van der Waals surface area contributed by atoms with Crippen molar-refractivity contribution in [3.63, 3.8) is 0 Å². The normalized spacial score (nSPS) is 12.4. The summed E-state index contributed by atoms with van der Waals surface area (Å²) in [4.78, 5) is 0. The lowest BCUT2D eigenvalue weighted by Crippen LogP contribution is -2.15. The maximum atomic E-state index is 13.4. The molecule has 0 aliphatic carbocycles. The molecule has 0 spiro atoms. The highest BCUT2D eigenvalue weighted by Gasteiger charge is 2.13. The molecular formula is C15H20FN3O. The maximum Gasteiger partial charge on any atom is 0.165 e. The summed E-state index contributed by atoms with van der Waals surface area (Å²) < 4.78 is 20.2. The molecule has 20 heavy (non-hydrogen) atoms. The third kappa shape index (κ3) is 2.99. The molecule has 0 aliphatic rings. The van der Waals surface area contributed by atoms with Crippen molar-refractivity contribution >= 4 is 0 Å². The Balaban J connectivity index is 2.18. The van der Waals surface area contributed by atoms with Gasteiger partial charge in [0.15, 0.2) is 11.6 Å². The third-order valence-electron chi connectivity index (χ3n) is 3.42. The van der Waals surface area contributed by atoms with Crippen molar-refractivity contribution in [1.29, 1.82) is 0 Å². The largest absolute Gasteiger partial charge is 0.494 e. The summed E-state index contributed by atoms with van der Waals surface area (Å²) in [6.07, 6.45) is 1.55. The van der Waals surface area contributed by atoms with Crippen LogP contribution in [0.5, 0.6) is 5.75 Å². The molecule has 0 saturated heterocycles. The smallest absolute Gasteiger partial charge is 0.165 e. The SMILES string of the molecule is CCc1cc(CC(N)c2ccc(F)c(OC)c2)n(C)n1. The Kier molecular flexibility index (Phi) is 4.39. The van der Waals surface area contributed by atoms with Gasteiger partial charge in [-0.1, -0.05) is 13.0 Å². The maximum absolute atomic E-state index is 13.4. The van der Waals surface area contributed by atoms with Gasteiger partial charge in [-0.3, -0.25) is 4.68 Å². The van der Waals surface area contributed by atoms with E-state index >= 15 is 0 Å². The molecule has 1 unspecified atom stereocenters. The highest BCUT2D eigenvalue weighted by molar-refractivity contribution is 5.32. The van der Waals surface area contributed by atoms with Gasteiger partial charge in [-0.25, -0.2) is 4.39 Å². The Labute approximate surface area is 118 Å². The van der Waals surface area contributed by atoms with Gasteiger partial charge in [-0.05, 0) is 30.2 Å². The van der Waals surface area contributed by atoms with E-state index in [-0.39, 0.29) is 17.6 Å². The molecule has 0 aliphatic heterocycles. The van der Waals surface area contributed by atoms with Gasteiger partial charge >= 0.3 is 0 Å². The average molecular weight is 277 g/mol. The molecule has 4 nitrogen and oxygen atoms in total. The van der Waals surface area contributed by atoms with E-state index in [0.717, 1.165) is 23.4 Å². The fourth-order valence-corrected chi connectivity index (χ4v) is 2.19. The third-order valence-corrected chi connectivity index (χ3v) is 3.42. The van der Waals surface area contributed by atoms with Gasteiger partial charge in [0.1, 0.15) is 0 Å². The van der Waals surface area contributed by atoms with Gasteiger partial charge in [-0.2, -0.15) is 5.10 Å². The molecule has 2 N–H and O–H groups in total. The molecule has 108 valence electrons. The number of halogens is 1. The molecule has 0 bridgehead atoms. The van der Waals surface area contributed by atoms with Gasteiger partial charge in [0, 0.05) is 25.2 Å². The molecule has 1 aromatic carbocycles. The van der Waals surface area contributed by atoms with E-state index in [2.05, 4.69) is 18.1 Å². The predicted molar refractivity (Wildman–Crippen MR) is 76.2 cm³/mol. The number of hydrogen-bond acceptors (Lipinski definition) is 3. The van der Waals surface area contributed by atoms with Gasteiger partial charge in [0.2, 0.25) is 0 Å². The van der Waals surface area contributed by atoms with Crippen LogP contribution in [0.3, 0.4) is 0 Å². The molecule has 1 heterocycles. The van der Waals surface area contributed by atoms with Crippen molar-refractivity contribution in [1.82, 2.24) is 9.78 Å². The first-order valence-electron chi connectivity index (χ1n) is 6.66. The monoisotopic (exact) mass is 277 g/mol. The predicted octanol–water partition coefficient (Wildman–Crippen LogP) is 2.37. The van der Waals surface area contributed by atoms with Crippen molar-refractivity contribution in [3.8, 4) is 5.75 Å². The highest BCUT2D eigenvalue weighted by Crippen LogP contribution is 2.23. The minimum atomic E-state index is -0.378. The second kappa shape index (κ2) is 6.05.